The van der Waals surface area contributed by atoms with Gasteiger partial charge in [0.05, 0.1) is 17.3 Å². The van der Waals surface area contributed by atoms with E-state index in [2.05, 4.69) is 30.6 Å². The minimum absolute atomic E-state index is 0.407. The lowest BCUT2D eigenvalue weighted by Crippen LogP contribution is -1.99. The van der Waals surface area contributed by atoms with E-state index in [-0.39, 0.29) is 0 Å². The lowest BCUT2D eigenvalue weighted by atomic mass is 10.4. The van der Waals surface area contributed by atoms with Gasteiger partial charge >= 0.3 is 0 Å². The molecule has 0 aliphatic heterocycles. The molecule has 0 aromatic carbocycles. The van der Waals surface area contributed by atoms with Gasteiger partial charge in [-0.3, -0.25) is 4.68 Å². The molecule has 0 fully saturated rings. The van der Waals surface area contributed by atoms with Crippen molar-refractivity contribution in [2.75, 3.05) is 0 Å². The molecule has 0 saturated heterocycles. The molecule has 98 valence electrons. The van der Waals surface area contributed by atoms with Gasteiger partial charge in [-0.1, -0.05) is 23.4 Å². The SMILES string of the molecule is Cn1nnnc1SCc1nc(Cl)c2cnn(C)c2n1. The minimum Gasteiger partial charge on any atom is -0.250 e. The minimum atomic E-state index is 0.407. The van der Waals surface area contributed by atoms with E-state index in [0.717, 1.165) is 5.39 Å². The van der Waals surface area contributed by atoms with Crippen LogP contribution in [0.5, 0.6) is 0 Å². The Hall–Kier alpha value is -1.74. The van der Waals surface area contributed by atoms with Crippen molar-refractivity contribution < 1.29 is 0 Å². The Morgan fingerprint density at radius 1 is 1.26 bits per heavy atom. The average Bonchev–Trinajstić information content (AvgIpc) is 2.95. The molecule has 19 heavy (non-hydrogen) atoms. The molecule has 3 heterocycles. The summed E-state index contributed by atoms with van der Waals surface area (Å²) < 4.78 is 3.26. The van der Waals surface area contributed by atoms with Crippen LogP contribution >= 0.6 is 23.4 Å². The second-order valence-electron chi connectivity index (χ2n) is 3.81. The second-order valence-corrected chi connectivity index (χ2v) is 5.11. The van der Waals surface area contributed by atoms with Crippen LogP contribution in [0.4, 0.5) is 0 Å². The highest BCUT2D eigenvalue weighted by atomic mass is 35.5. The molecule has 0 saturated carbocycles. The molecular weight excluding hydrogens is 288 g/mol. The highest BCUT2D eigenvalue weighted by Gasteiger charge is 2.11. The van der Waals surface area contributed by atoms with Crippen molar-refractivity contribution in [1.82, 2.24) is 40.0 Å². The first-order valence-corrected chi connectivity index (χ1v) is 6.71. The van der Waals surface area contributed by atoms with Crippen molar-refractivity contribution >= 4 is 34.4 Å². The molecule has 3 aromatic rings. The number of aromatic nitrogens is 8. The number of fused-ring (bicyclic) bond motifs is 1. The van der Waals surface area contributed by atoms with Crippen molar-refractivity contribution in [3.8, 4) is 0 Å². The van der Waals surface area contributed by atoms with Crippen LogP contribution in [0.1, 0.15) is 5.82 Å². The Bertz CT molecular complexity index is 735. The molecule has 0 aliphatic rings. The fraction of sp³-hybridized carbons (Fsp3) is 0.333. The van der Waals surface area contributed by atoms with E-state index in [4.69, 9.17) is 11.6 Å². The Morgan fingerprint density at radius 3 is 2.84 bits per heavy atom. The van der Waals surface area contributed by atoms with E-state index in [1.807, 2.05) is 7.05 Å². The topological polar surface area (TPSA) is 87.2 Å². The zero-order chi connectivity index (χ0) is 13.4. The predicted molar refractivity (Wildman–Crippen MR) is 69.7 cm³/mol. The largest absolute Gasteiger partial charge is 0.250 e. The number of hydrogen-bond acceptors (Lipinski definition) is 7. The quantitative estimate of drug-likeness (QED) is 0.522. The third kappa shape index (κ3) is 2.26. The van der Waals surface area contributed by atoms with Crippen molar-refractivity contribution in [2.45, 2.75) is 10.9 Å². The Labute approximate surface area is 117 Å². The number of thioether (sulfide) groups is 1. The van der Waals surface area contributed by atoms with Gasteiger partial charge in [0.2, 0.25) is 5.16 Å². The van der Waals surface area contributed by atoms with E-state index in [9.17, 15) is 0 Å². The van der Waals surface area contributed by atoms with Gasteiger partial charge in [-0.15, -0.1) is 5.10 Å². The molecule has 0 bridgehead atoms. The first kappa shape index (κ1) is 12.3. The molecule has 0 N–H and O–H groups in total. The standard InChI is InChI=1S/C9H9ClN8S/c1-17-8-5(3-11-17)7(10)12-6(13-8)4-19-9-14-15-16-18(9)2/h3H,4H2,1-2H3. The smallest absolute Gasteiger partial charge is 0.209 e. The lowest BCUT2D eigenvalue weighted by molar-refractivity contribution is 0.664. The van der Waals surface area contributed by atoms with Crippen LogP contribution in [-0.2, 0) is 19.8 Å². The van der Waals surface area contributed by atoms with Gasteiger partial charge < -0.3 is 0 Å². The van der Waals surface area contributed by atoms with Gasteiger partial charge in [-0.25, -0.2) is 14.6 Å². The molecule has 3 aromatic heterocycles. The summed E-state index contributed by atoms with van der Waals surface area (Å²) in [4.78, 5) is 8.68. The first-order valence-electron chi connectivity index (χ1n) is 5.34. The van der Waals surface area contributed by atoms with Crippen molar-refractivity contribution in [2.24, 2.45) is 14.1 Å². The highest BCUT2D eigenvalue weighted by Crippen LogP contribution is 2.22. The van der Waals surface area contributed by atoms with Crippen LogP contribution in [0.25, 0.3) is 11.0 Å². The van der Waals surface area contributed by atoms with Crippen LogP contribution in [0.3, 0.4) is 0 Å². The summed E-state index contributed by atoms with van der Waals surface area (Å²) in [5.41, 5.74) is 0.715. The van der Waals surface area contributed by atoms with Crippen molar-refractivity contribution in [1.29, 1.82) is 0 Å². The maximum absolute atomic E-state index is 6.11. The summed E-state index contributed by atoms with van der Waals surface area (Å²) >= 11 is 7.55. The molecule has 10 heteroatoms. The number of tetrazole rings is 1. The lowest BCUT2D eigenvalue weighted by Gasteiger charge is -2.01. The molecule has 0 spiro atoms. The summed E-state index contributed by atoms with van der Waals surface area (Å²) in [6.45, 7) is 0. The second kappa shape index (κ2) is 4.74. The third-order valence-electron chi connectivity index (χ3n) is 2.50. The monoisotopic (exact) mass is 296 g/mol. The predicted octanol–water partition coefficient (Wildman–Crippen LogP) is 0.832. The number of hydrogen-bond donors (Lipinski definition) is 0. The van der Waals surface area contributed by atoms with Gasteiger partial charge in [-0.2, -0.15) is 5.10 Å². The van der Waals surface area contributed by atoms with Gasteiger partial charge in [0.1, 0.15) is 11.0 Å². The van der Waals surface area contributed by atoms with E-state index in [0.29, 0.717) is 27.5 Å². The average molecular weight is 297 g/mol. The number of nitrogens with zero attached hydrogens (tertiary/aromatic N) is 8. The van der Waals surface area contributed by atoms with E-state index >= 15 is 0 Å². The Balaban J connectivity index is 1.89. The molecule has 0 amide bonds. The Kier molecular flexibility index (Phi) is 3.07. The van der Waals surface area contributed by atoms with Gasteiger partial charge in [0.25, 0.3) is 0 Å². The molecule has 8 nitrogen and oxygen atoms in total. The molecule has 0 unspecified atom stereocenters. The van der Waals surface area contributed by atoms with Crippen LogP contribution in [-0.4, -0.2) is 40.0 Å². The summed E-state index contributed by atoms with van der Waals surface area (Å²) in [6.07, 6.45) is 1.65. The van der Waals surface area contributed by atoms with E-state index in [1.54, 1.807) is 22.6 Å². The van der Waals surface area contributed by atoms with Crippen LogP contribution < -0.4 is 0 Å². The number of halogens is 1. The van der Waals surface area contributed by atoms with Gasteiger partial charge in [0, 0.05) is 14.1 Å². The summed E-state index contributed by atoms with van der Waals surface area (Å²) in [5, 5.41) is 17.2. The molecule has 0 atom stereocenters. The van der Waals surface area contributed by atoms with Crippen LogP contribution in [0.2, 0.25) is 5.15 Å². The highest BCUT2D eigenvalue weighted by molar-refractivity contribution is 7.98. The van der Waals surface area contributed by atoms with Crippen LogP contribution in [0.15, 0.2) is 11.4 Å². The normalized spacial score (nSPS) is 11.3. The molecular formula is C9H9ClN8S. The maximum atomic E-state index is 6.11. The number of rotatable bonds is 3. The van der Waals surface area contributed by atoms with Gasteiger partial charge in [0.15, 0.2) is 5.65 Å². The van der Waals surface area contributed by atoms with E-state index in [1.165, 1.54) is 11.8 Å². The summed E-state index contributed by atoms with van der Waals surface area (Å²) in [7, 11) is 3.59. The third-order valence-corrected chi connectivity index (χ3v) is 3.80. The zero-order valence-corrected chi connectivity index (χ0v) is 11.7. The number of aryl methyl sites for hydroxylation is 2. The van der Waals surface area contributed by atoms with Crippen LogP contribution in [0, 0.1) is 0 Å². The summed E-state index contributed by atoms with van der Waals surface area (Å²) in [6, 6.07) is 0. The van der Waals surface area contributed by atoms with Crippen molar-refractivity contribution in [3.63, 3.8) is 0 Å². The fourth-order valence-electron chi connectivity index (χ4n) is 1.57. The molecule has 3 rings (SSSR count). The van der Waals surface area contributed by atoms with E-state index < -0.39 is 0 Å². The fourth-order valence-corrected chi connectivity index (χ4v) is 2.50. The molecule has 0 aliphatic carbocycles. The maximum Gasteiger partial charge on any atom is 0.209 e. The van der Waals surface area contributed by atoms with Gasteiger partial charge in [-0.05, 0) is 10.4 Å². The summed E-state index contributed by atoms with van der Waals surface area (Å²) in [5.74, 6) is 1.16. The van der Waals surface area contributed by atoms with Crippen molar-refractivity contribution in [3.05, 3.63) is 17.2 Å². The first-order chi connectivity index (χ1) is 9.15. The zero-order valence-electron chi connectivity index (χ0n) is 10.1. The Morgan fingerprint density at radius 2 is 2.11 bits per heavy atom. The molecule has 0 radical (unpaired) electrons.